The van der Waals surface area contributed by atoms with E-state index in [9.17, 15) is 10.1 Å². The largest absolute Gasteiger partial charge is 0.341 e. The van der Waals surface area contributed by atoms with Gasteiger partial charge in [-0.25, -0.2) is 4.98 Å². The van der Waals surface area contributed by atoms with Gasteiger partial charge in [-0.1, -0.05) is 6.42 Å². The summed E-state index contributed by atoms with van der Waals surface area (Å²) in [7, 11) is 0. The highest BCUT2D eigenvalue weighted by Gasteiger charge is 2.35. The first kappa shape index (κ1) is 15.0. The molecule has 0 saturated carbocycles. The molecule has 126 valence electrons. The van der Waals surface area contributed by atoms with Crippen LogP contribution < -0.4 is 4.90 Å². The summed E-state index contributed by atoms with van der Waals surface area (Å²) in [5, 5.41) is 20.2. The predicted octanol–water partition coefficient (Wildman–Crippen LogP) is 2.65. The summed E-state index contributed by atoms with van der Waals surface area (Å²) in [6, 6.07) is 3.13. The summed E-state index contributed by atoms with van der Waals surface area (Å²) < 4.78 is 2.23. The third kappa shape index (κ3) is 2.51. The van der Waals surface area contributed by atoms with Crippen LogP contribution in [0.5, 0.6) is 0 Å². The molecule has 0 unspecified atom stereocenters. The molecule has 1 fully saturated rings. The first-order valence-electron chi connectivity index (χ1n) is 8.54. The Bertz CT molecular complexity index is 759. The number of hydrogen-bond acceptors (Lipinski definition) is 6. The van der Waals surface area contributed by atoms with E-state index < -0.39 is 0 Å². The fourth-order valence-electron chi connectivity index (χ4n) is 3.79. The van der Waals surface area contributed by atoms with Crippen molar-refractivity contribution >= 4 is 11.5 Å². The number of aromatic nitrogens is 4. The van der Waals surface area contributed by atoms with Crippen LogP contribution in [-0.4, -0.2) is 31.2 Å². The Morgan fingerprint density at radius 3 is 2.96 bits per heavy atom. The van der Waals surface area contributed by atoms with Gasteiger partial charge in [0.05, 0.1) is 11.0 Å². The lowest BCUT2D eigenvalue weighted by Gasteiger charge is -2.25. The van der Waals surface area contributed by atoms with Crippen molar-refractivity contribution in [1.29, 1.82) is 0 Å². The van der Waals surface area contributed by atoms with E-state index in [0.29, 0.717) is 5.82 Å². The molecule has 4 rings (SSSR count). The SMILES string of the molecule is O=[N+]([O-])c1cccnc1N1CCC[C@H]1c1nnc2n1CCCCC2. The number of fused-ring (bicyclic) bond motifs is 1. The monoisotopic (exact) mass is 328 g/mol. The van der Waals surface area contributed by atoms with Gasteiger partial charge in [0.2, 0.25) is 5.82 Å². The van der Waals surface area contributed by atoms with Crippen molar-refractivity contribution in [1.82, 2.24) is 19.7 Å². The van der Waals surface area contributed by atoms with Crippen molar-refractivity contribution in [3.8, 4) is 0 Å². The standard InChI is InChI=1S/C16H20N6O2/c23-22(24)13-6-4-9-17-15(13)20-11-5-7-12(20)16-19-18-14-8-2-1-3-10-21(14)16/h4,6,9,12H,1-3,5,7-8,10-11H2/t12-/m0/s1. The zero-order valence-electron chi connectivity index (χ0n) is 13.5. The van der Waals surface area contributed by atoms with Gasteiger partial charge in [-0.15, -0.1) is 10.2 Å². The quantitative estimate of drug-likeness (QED) is 0.635. The maximum atomic E-state index is 11.4. The molecule has 1 saturated heterocycles. The van der Waals surface area contributed by atoms with Crippen LogP contribution in [0.3, 0.4) is 0 Å². The second kappa shape index (κ2) is 6.18. The van der Waals surface area contributed by atoms with Crippen LogP contribution in [0, 0.1) is 10.1 Å². The van der Waals surface area contributed by atoms with Gasteiger partial charge in [0.15, 0.2) is 5.82 Å². The Morgan fingerprint density at radius 2 is 2.08 bits per heavy atom. The van der Waals surface area contributed by atoms with Gasteiger partial charge in [0.25, 0.3) is 0 Å². The Morgan fingerprint density at radius 1 is 1.17 bits per heavy atom. The van der Waals surface area contributed by atoms with E-state index in [2.05, 4.69) is 19.7 Å². The van der Waals surface area contributed by atoms with Crippen molar-refractivity contribution in [2.24, 2.45) is 0 Å². The predicted molar refractivity (Wildman–Crippen MR) is 87.8 cm³/mol. The summed E-state index contributed by atoms with van der Waals surface area (Å²) in [6.07, 6.45) is 7.97. The van der Waals surface area contributed by atoms with Gasteiger partial charge in [0, 0.05) is 31.8 Å². The number of rotatable bonds is 3. The molecule has 0 amide bonds. The first-order valence-corrected chi connectivity index (χ1v) is 8.54. The fraction of sp³-hybridized carbons (Fsp3) is 0.562. The maximum absolute atomic E-state index is 11.4. The van der Waals surface area contributed by atoms with Gasteiger partial charge < -0.3 is 9.47 Å². The highest BCUT2D eigenvalue weighted by atomic mass is 16.6. The Balaban J connectivity index is 1.72. The van der Waals surface area contributed by atoms with Crippen molar-refractivity contribution in [3.63, 3.8) is 0 Å². The summed E-state index contributed by atoms with van der Waals surface area (Å²) >= 11 is 0. The molecule has 1 atom stereocenters. The summed E-state index contributed by atoms with van der Waals surface area (Å²) in [5.74, 6) is 2.42. The Labute approximate surface area is 139 Å². The Hall–Kier alpha value is -2.51. The zero-order valence-corrected chi connectivity index (χ0v) is 13.5. The van der Waals surface area contributed by atoms with E-state index in [-0.39, 0.29) is 16.7 Å². The molecule has 0 aromatic carbocycles. The normalized spacial score (nSPS) is 20.7. The number of hydrogen-bond donors (Lipinski definition) is 0. The van der Waals surface area contributed by atoms with E-state index in [1.54, 1.807) is 12.3 Å². The average Bonchev–Trinajstić information content (AvgIpc) is 3.15. The van der Waals surface area contributed by atoms with E-state index in [4.69, 9.17) is 0 Å². The van der Waals surface area contributed by atoms with Crippen molar-refractivity contribution in [2.75, 3.05) is 11.4 Å². The molecule has 2 aliphatic rings. The van der Waals surface area contributed by atoms with Gasteiger partial charge in [-0.05, 0) is 31.7 Å². The smallest absolute Gasteiger partial charge is 0.311 e. The molecule has 0 spiro atoms. The third-order valence-electron chi connectivity index (χ3n) is 4.92. The van der Waals surface area contributed by atoms with Gasteiger partial charge in [0.1, 0.15) is 5.82 Å². The number of nitro groups is 1. The maximum Gasteiger partial charge on any atom is 0.311 e. The highest BCUT2D eigenvalue weighted by Crippen LogP contribution is 2.38. The van der Waals surface area contributed by atoms with Crippen molar-refractivity contribution in [3.05, 3.63) is 40.1 Å². The second-order valence-corrected chi connectivity index (χ2v) is 6.39. The summed E-state index contributed by atoms with van der Waals surface area (Å²) in [4.78, 5) is 17.3. The van der Waals surface area contributed by atoms with Crippen LogP contribution in [0.25, 0.3) is 0 Å². The van der Waals surface area contributed by atoms with Crippen LogP contribution in [0.4, 0.5) is 11.5 Å². The molecule has 8 nitrogen and oxygen atoms in total. The van der Waals surface area contributed by atoms with Crippen LogP contribution in [0.2, 0.25) is 0 Å². The van der Waals surface area contributed by atoms with Crippen LogP contribution in [-0.2, 0) is 13.0 Å². The first-order chi connectivity index (χ1) is 11.8. The van der Waals surface area contributed by atoms with Crippen LogP contribution >= 0.6 is 0 Å². The lowest BCUT2D eigenvalue weighted by atomic mass is 10.2. The minimum absolute atomic E-state index is 0.0120. The molecule has 24 heavy (non-hydrogen) atoms. The van der Waals surface area contributed by atoms with Crippen molar-refractivity contribution in [2.45, 2.75) is 51.1 Å². The fourth-order valence-corrected chi connectivity index (χ4v) is 3.79. The number of nitrogens with zero attached hydrogens (tertiary/aromatic N) is 6. The van der Waals surface area contributed by atoms with E-state index in [0.717, 1.165) is 56.8 Å². The Kier molecular flexibility index (Phi) is 3.87. The van der Waals surface area contributed by atoms with E-state index in [1.807, 2.05) is 4.90 Å². The molecule has 2 aliphatic heterocycles. The summed E-state index contributed by atoms with van der Waals surface area (Å²) in [5.41, 5.74) is 0.0556. The van der Waals surface area contributed by atoms with E-state index >= 15 is 0 Å². The lowest BCUT2D eigenvalue weighted by Crippen LogP contribution is -2.27. The van der Waals surface area contributed by atoms with Gasteiger partial charge >= 0.3 is 5.69 Å². The topological polar surface area (TPSA) is 90.0 Å². The van der Waals surface area contributed by atoms with Gasteiger partial charge in [-0.3, -0.25) is 10.1 Å². The number of aryl methyl sites for hydroxylation is 1. The third-order valence-corrected chi connectivity index (χ3v) is 4.92. The molecule has 0 N–H and O–H groups in total. The average molecular weight is 328 g/mol. The van der Waals surface area contributed by atoms with Crippen LogP contribution in [0.15, 0.2) is 18.3 Å². The summed E-state index contributed by atoms with van der Waals surface area (Å²) in [6.45, 7) is 1.69. The molecular formula is C16H20N6O2. The number of anilines is 1. The van der Waals surface area contributed by atoms with Crippen molar-refractivity contribution < 1.29 is 4.92 Å². The van der Waals surface area contributed by atoms with Gasteiger partial charge in [-0.2, -0.15) is 0 Å². The number of pyridine rings is 1. The highest BCUT2D eigenvalue weighted by molar-refractivity contribution is 5.58. The molecule has 2 aromatic rings. The molecular weight excluding hydrogens is 308 g/mol. The molecule has 0 aliphatic carbocycles. The molecule has 0 radical (unpaired) electrons. The molecule has 8 heteroatoms. The van der Waals surface area contributed by atoms with Crippen LogP contribution in [0.1, 0.15) is 49.8 Å². The molecule has 2 aromatic heterocycles. The minimum atomic E-state index is -0.359. The lowest BCUT2D eigenvalue weighted by molar-refractivity contribution is -0.384. The minimum Gasteiger partial charge on any atom is -0.341 e. The molecule has 0 bridgehead atoms. The van der Waals surface area contributed by atoms with E-state index in [1.165, 1.54) is 12.5 Å². The zero-order chi connectivity index (χ0) is 16.5. The second-order valence-electron chi connectivity index (χ2n) is 6.39. The molecule has 4 heterocycles.